The summed E-state index contributed by atoms with van der Waals surface area (Å²) >= 11 is 0. The van der Waals surface area contributed by atoms with Gasteiger partial charge in [0.2, 0.25) is 0 Å². The molecular weight excluding hydrogens is 465 g/mol. The third-order valence-corrected chi connectivity index (χ3v) is 4.60. The summed E-state index contributed by atoms with van der Waals surface area (Å²) in [5, 5.41) is 16.1. The van der Waals surface area contributed by atoms with Crippen molar-refractivity contribution in [3.05, 3.63) is 65.2 Å². The van der Waals surface area contributed by atoms with E-state index in [1.165, 1.54) is 5.56 Å². The Hall–Kier alpha value is -1.80. The van der Waals surface area contributed by atoms with Crippen LogP contribution in [0.3, 0.4) is 0 Å². The second-order valence-corrected chi connectivity index (χ2v) is 6.51. The minimum Gasteiger partial charge on any atom is -0.497 e. The van der Waals surface area contributed by atoms with Crippen LogP contribution in [-0.2, 0) is 13.2 Å². The van der Waals surface area contributed by atoms with Crippen LogP contribution in [0.15, 0.2) is 53.5 Å². The number of aliphatic imine (C=N–C) groups is 1. The van der Waals surface area contributed by atoms with Crippen molar-refractivity contribution in [2.45, 2.75) is 39.3 Å². The highest BCUT2D eigenvalue weighted by atomic mass is 127. The monoisotopic (exact) mass is 497 g/mol. The molecule has 0 aliphatic carbocycles. The number of aliphatic hydroxyl groups excluding tert-OH is 1. The first-order chi connectivity index (χ1) is 13.2. The number of hydrogen-bond donors (Lipinski definition) is 3. The van der Waals surface area contributed by atoms with Gasteiger partial charge in [-0.05, 0) is 48.1 Å². The number of methoxy groups -OCH3 is 1. The van der Waals surface area contributed by atoms with Crippen molar-refractivity contribution in [3.63, 3.8) is 0 Å². The first kappa shape index (κ1) is 24.2. The number of benzene rings is 2. The molecule has 0 aliphatic rings. The van der Waals surface area contributed by atoms with Gasteiger partial charge in [-0.25, -0.2) is 4.99 Å². The third kappa shape index (κ3) is 7.67. The summed E-state index contributed by atoms with van der Waals surface area (Å²) in [5.41, 5.74) is 3.27. The standard InChI is InChI=1S/C22H31N3O2.HI/c1-4-23-22(25-15-19-7-5-6-8-20(19)16-26)24-14-13-17(2)18-9-11-21(27-3)12-10-18;/h5-12,17,26H,4,13-16H2,1-3H3,(H2,23,24,25);1H. The minimum absolute atomic E-state index is 0. The van der Waals surface area contributed by atoms with E-state index in [4.69, 9.17) is 4.74 Å². The lowest BCUT2D eigenvalue weighted by molar-refractivity contribution is 0.280. The Morgan fingerprint density at radius 1 is 1.07 bits per heavy atom. The maximum atomic E-state index is 9.44. The van der Waals surface area contributed by atoms with Crippen LogP contribution in [0.25, 0.3) is 0 Å². The van der Waals surface area contributed by atoms with Crippen molar-refractivity contribution in [2.75, 3.05) is 20.2 Å². The van der Waals surface area contributed by atoms with Gasteiger partial charge in [-0.2, -0.15) is 0 Å². The van der Waals surface area contributed by atoms with Crippen LogP contribution in [0.4, 0.5) is 0 Å². The van der Waals surface area contributed by atoms with E-state index in [-0.39, 0.29) is 30.6 Å². The molecule has 0 spiro atoms. The summed E-state index contributed by atoms with van der Waals surface area (Å²) in [6, 6.07) is 16.1. The minimum atomic E-state index is 0. The molecule has 0 heterocycles. The second-order valence-electron chi connectivity index (χ2n) is 6.51. The van der Waals surface area contributed by atoms with Gasteiger partial charge < -0.3 is 20.5 Å². The molecule has 2 aromatic carbocycles. The molecule has 0 aliphatic heterocycles. The Morgan fingerprint density at radius 2 is 1.75 bits per heavy atom. The van der Waals surface area contributed by atoms with E-state index in [2.05, 4.69) is 41.6 Å². The van der Waals surface area contributed by atoms with E-state index in [9.17, 15) is 5.11 Å². The van der Waals surface area contributed by atoms with Crippen molar-refractivity contribution in [1.82, 2.24) is 10.6 Å². The highest BCUT2D eigenvalue weighted by molar-refractivity contribution is 14.0. The molecule has 3 N–H and O–H groups in total. The average molecular weight is 497 g/mol. The van der Waals surface area contributed by atoms with Gasteiger partial charge in [0.15, 0.2) is 5.96 Å². The molecule has 0 radical (unpaired) electrons. The zero-order chi connectivity index (χ0) is 19.5. The highest BCUT2D eigenvalue weighted by Crippen LogP contribution is 2.21. The summed E-state index contributed by atoms with van der Waals surface area (Å²) in [7, 11) is 1.68. The van der Waals surface area contributed by atoms with Crippen molar-refractivity contribution in [2.24, 2.45) is 4.99 Å². The molecule has 0 saturated carbocycles. The van der Waals surface area contributed by atoms with E-state index in [1.807, 2.05) is 36.4 Å². The maximum absolute atomic E-state index is 9.44. The van der Waals surface area contributed by atoms with Gasteiger partial charge in [-0.1, -0.05) is 43.3 Å². The molecule has 0 saturated heterocycles. The van der Waals surface area contributed by atoms with Gasteiger partial charge in [-0.3, -0.25) is 0 Å². The van der Waals surface area contributed by atoms with Gasteiger partial charge in [0.1, 0.15) is 5.75 Å². The number of hydrogen-bond acceptors (Lipinski definition) is 3. The Balaban J connectivity index is 0.00000392. The quantitative estimate of drug-likeness (QED) is 0.278. The topological polar surface area (TPSA) is 65.9 Å². The number of nitrogens with one attached hydrogen (secondary N) is 2. The smallest absolute Gasteiger partial charge is 0.191 e. The average Bonchev–Trinajstić information content (AvgIpc) is 2.72. The molecule has 1 unspecified atom stereocenters. The van der Waals surface area contributed by atoms with Crippen molar-refractivity contribution >= 4 is 29.9 Å². The number of guanidine groups is 1. The lowest BCUT2D eigenvalue weighted by atomic mass is 9.98. The van der Waals surface area contributed by atoms with E-state index < -0.39 is 0 Å². The van der Waals surface area contributed by atoms with Crippen LogP contribution in [0.5, 0.6) is 5.75 Å². The summed E-state index contributed by atoms with van der Waals surface area (Å²) < 4.78 is 5.22. The molecule has 0 fully saturated rings. The maximum Gasteiger partial charge on any atom is 0.191 e. The van der Waals surface area contributed by atoms with Gasteiger partial charge in [0.25, 0.3) is 0 Å². The number of nitrogens with zero attached hydrogens (tertiary/aromatic N) is 1. The van der Waals surface area contributed by atoms with Crippen LogP contribution >= 0.6 is 24.0 Å². The van der Waals surface area contributed by atoms with Gasteiger partial charge in [-0.15, -0.1) is 24.0 Å². The molecule has 5 nitrogen and oxygen atoms in total. The van der Waals surface area contributed by atoms with Crippen LogP contribution in [-0.4, -0.2) is 31.3 Å². The number of aliphatic hydroxyl groups is 1. The largest absolute Gasteiger partial charge is 0.497 e. The molecule has 2 rings (SSSR count). The number of halogens is 1. The Morgan fingerprint density at radius 3 is 2.36 bits per heavy atom. The van der Waals surface area contributed by atoms with E-state index in [0.717, 1.165) is 42.3 Å². The second kappa shape index (κ2) is 13.4. The number of rotatable bonds is 9. The lowest BCUT2D eigenvalue weighted by Gasteiger charge is -2.15. The van der Waals surface area contributed by atoms with Crippen molar-refractivity contribution in [1.29, 1.82) is 0 Å². The lowest BCUT2D eigenvalue weighted by Crippen LogP contribution is -2.38. The van der Waals surface area contributed by atoms with Crippen molar-refractivity contribution in [3.8, 4) is 5.75 Å². The van der Waals surface area contributed by atoms with Crippen molar-refractivity contribution < 1.29 is 9.84 Å². The molecule has 0 bridgehead atoms. The van der Waals surface area contributed by atoms with E-state index in [1.54, 1.807) is 7.11 Å². The SMILES string of the molecule is CCNC(=NCc1ccccc1CO)NCCC(C)c1ccc(OC)cc1.I. The zero-order valence-electron chi connectivity index (χ0n) is 16.9. The fourth-order valence-corrected chi connectivity index (χ4v) is 2.88. The Kier molecular flexibility index (Phi) is 11.6. The van der Waals surface area contributed by atoms with Crippen LogP contribution in [0.1, 0.15) is 42.9 Å². The first-order valence-corrected chi connectivity index (χ1v) is 9.51. The molecule has 1 atom stereocenters. The van der Waals surface area contributed by atoms with E-state index in [0.29, 0.717) is 12.5 Å². The third-order valence-electron chi connectivity index (χ3n) is 4.60. The summed E-state index contributed by atoms with van der Waals surface area (Å²) in [6.45, 7) is 6.50. The van der Waals surface area contributed by atoms with Gasteiger partial charge in [0.05, 0.1) is 20.3 Å². The molecule has 6 heteroatoms. The summed E-state index contributed by atoms with van der Waals surface area (Å²) in [5.74, 6) is 2.13. The fraction of sp³-hybridized carbons (Fsp3) is 0.409. The van der Waals surface area contributed by atoms with Crippen LogP contribution in [0, 0.1) is 0 Å². The van der Waals surface area contributed by atoms with Crippen LogP contribution in [0.2, 0.25) is 0 Å². The fourth-order valence-electron chi connectivity index (χ4n) is 2.88. The normalized spacial score (nSPS) is 12.1. The molecular formula is C22H32IN3O2. The predicted molar refractivity (Wildman–Crippen MR) is 127 cm³/mol. The predicted octanol–water partition coefficient (Wildman–Crippen LogP) is 4.05. The zero-order valence-corrected chi connectivity index (χ0v) is 19.3. The number of ether oxygens (including phenoxy) is 1. The van der Waals surface area contributed by atoms with Crippen LogP contribution < -0.4 is 15.4 Å². The molecule has 154 valence electrons. The summed E-state index contributed by atoms with van der Waals surface area (Å²) in [4.78, 5) is 4.65. The van der Waals surface area contributed by atoms with Gasteiger partial charge in [0, 0.05) is 13.1 Å². The Labute approximate surface area is 185 Å². The molecule has 28 heavy (non-hydrogen) atoms. The summed E-state index contributed by atoms with van der Waals surface area (Å²) in [6.07, 6.45) is 1.00. The molecule has 2 aromatic rings. The van der Waals surface area contributed by atoms with Gasteiger partial charge >= 0.3 is 0 Å². The van der Waals surface area contributed by atoms with E-state index >= 15 is 0 Å². The first-order valence-electron chi connectivity index (χ1n) is 9.51. The molecule has 0 aromatic heterocycles. The highest BCUT2D eigenvalue weighted by Gasteiger charge is 2.07. The Bertz CT molecular complexity index is 720. The molecule has 0 amide bonds.